The first-order valence-corrected chi connectivity index (χ1v) is 7.69. The van der Waals surface area contributed by atoms with Crippen molar-refractivity contribution in [3.05, 3.63) is 47.7 Å². The molecule has 0 bridgehead atoms. The van der Waals surface area contributed by atoms with Gasteiger partial charge in [0.05, 0.1) is 6.26 Å². The fraction of sp³-hybridized carbons (Fsp3) is 0.385. The SMILES string of the molecule is CS(=O)(=O)OC1=CCN(Cc2ccccc2)CC1. The van der Waals surface area contributed by atoms with Crippen molar-refractivity contribution in [2.24, 2.45) is 0 Å². The van der Waals surface area contributed by atoms with Crippen LogP contribution in [0.15, 0.2) is 42.2 Å². The van der Waals surface area contributed by atoms with E-state index in [0.717, 1.165) is 25.9 Å². The van der Waals surface area contributed by atoms with Gasteiger partial charge in [-0.05, 0) is 11.6 Å². The maximum absolute atomic E-state index is 11.0. The lowest BCUT2D eigenvalue weighted by atomic mass is 10.1. The van der Waals surface area contributed by atoms with Gasteiger partial charge in [0, 0.05) is 26.1 Å². The Labute approximate surface area is 108 Å². The quantitative estimate of drug-likeness (QED) is 0.780. The summed E-state index contributed by atoms with van der Waals surface area (Å²) < 4.78 is 26.9. The van der Waals surface area contributed by atoms with Gasteiger partial charge in [0.25, 0.3) is 0 Å². The van der Waals surface area contributed by atoms with Gasteiger partial charge in [-0.15, -0.1) is 0 Å². The fourth-order valence-corrected chi connectivity index (χ4v) is 2.49. The van der Waals surface area contributed by atoms with Crippen LogP contribution in [-0.4, -0.2) is 32.7 Å². The highest BCUT2D eigenvalue weighted by Crippen LogP contribution is 2.16. The Morgan fingerprint density at radius 1 is 1.28 bits per heavy atom. The summed E-state index contributed by atoms with van der Waals surface area (Å²) in [5.41, 5.74) is 1.26. The third-order valence-electron chi connectivity index (χ3n) is 2.76. The van der Waals surface area contributed by atoms with E-state index in [2.05, 4.69) is 17.0 Å². The molecule has 0 amide bonds. The second-order valence-corrected chi connectivity index (χ2v) is 6.00. The smallest absolute Gasteiger partial charge is 0.305 e. The molecule has 18 heavy (non-hydrogen) atoms. The van der Waals surface area contributed by atoms with Crippen LogP contribution < -0.4 is 0 Å². The molecule has 0 unspecified atom stereocenters. The van der Waals surface area contributed by atoms with Crippen LogP contribution in [0.5, 0.6) is 0 Å². The number of benzene rings is 1. The van der Waals surface area contributed by atoms with Gasteiger partial charge in [0.1, 0.15) is 5.76 Å². The molecule has 2 rings (SSSR count). The van der Waals surface area contributed by atoms with Gasteiger partial charge in [-0.25, -0.2) is 0 Å². The minimum atomic E-state index is -3.39. The van der Waals surface area contributed by atoms with E-state index in [0.29, 0.717) is 12.2 Å². The van der Waals surface area contributed by atoms with Crippen LogP contribution in [0.1, 0.15) is 12.0 Å². The van der Waals surface area contributed by atoms with E-state index in [4.69, 9.17) is 4.18 Å². The minimum absolute atomic E-state index is 0.557. The molecular formula is C13H17NO3S. The zero-order chi connectivity index (χ0) is 13.0. The number of hydrogen-bond donors (Lipinski definition) is 0. The minimum Gasteiger partial charge on any atom is -0.387 e. The molecule has 0 N–H and O–H groups in total. The largest absolute Gasteiger partial charge is 0.387 e. The van der Waals surface area contributed by atoms with Crippen LogP contribution >= 0.6 is 0 Å². The van der Waals surface area contributed by atoms with Crippen molar-refractivity contribution in [3.63, 3.8) is 0 Å². The molecule has 1 aliphatic heterocycles. The predicted molar refractivity (Wildman–Crippen MR) is 70.3 cm³/mol. The van der Waals surface area contributed by atoms with Crippen molar-refractivity contribution in [2.75, 3.05) is 19.3 Å². The summed E-state index contributed by atoms with van der Waals surface area (Å²) in [6.07, 6.45) is 3.55. The number of nitrogens with zero attached hydrogens (tertiary/aromatic N) is 1. The summed E-state index contributed by atoms with van der Waals surface area (Å²) in [5.74, 6) is 0.557. The molecular weight excluding hydrogens is 250 g/mol. The third-order valence-corrected chi connectivity index (χ3v) is 3.28. The molecule has 0 aromatic heterocycles. The third kappa shape index (κ3) is 4.16. The summed E-state index contributed by atoms with van der Waals surface area (Å²) in [4.78, 5) is 2.25. The van der Waals surface area contributed by atoms with Crippen LogP contribution in [0.3, 0.4) is 0 Å². The summed E-state index contributed by atoms with van der Waals surface area (Å²) in [6, 6.07) is 10.2. The molecule has 0 saturated heterocycles. The van der Waals surface area contributed by atoms with Gasteiger partial charge < -0.3 is 4.18 Å². The van der Waals surface area contributed by atoms with Crippen LogP contribution in [0, 0.1) is 0 Å². The molecule has 4 nitrogen and oxygen atoms in total. The Morgan fingerprint density at radius 2 is 2.00 bits per heavy atom. The highest BCUT2D eigenvalue weighted by atomic mass is 32.2. The Bertz CT molecular complexity index is 522. The molecule has 0 fully saturated rings. The monoisotopic (exact) mass is 267 g/mol. The lowest BCUT2D eigenvalue weighted by Crippen LogP contribution is -2.29. The normalized spacial score (nSPS) is 17.3. The molecule has 5 heteroatoms. The van der Waals surface area contributed by atoms with Gasteiger partial charge in [-0.3, -0.25) is 4.90 Å². The first kappa shape index (κ1) is 13.1. The summed E-state index contributed by atoms with van der Waals surface area (Å²) >= 11 is 0. The average Bonchev–Trinajstić information content (AvgIpc) is 2.31. The van der Waals surface area contributed by atoms with Crippen molar-refractivity contribution in [1.82, 2.24) is 4.90 Å². The van der Waals surface area contributed by atoms with E-state index in [1.807, 2.05) is 24.3 Å². The van der Waals surface area contributed by atoms with E-state index in [9.17, 15) is 8.42 Å². The highest BCUT2D eigenvalue weighted by molar-refractivity contribution is 7.86. The van der Waals surface area contributed by atoms with Crippen LogP contribution in [0.4, 0.5) is 0 Å². The number of hydrogen-bond acceptors (Lipinski definition) is 4. The van der Waals surface area contributed by atoms with E-state index >= 15 is 0 Å². The van der Waals surface area contributed by atoms with Crippen LogP contribution in [0.25, 0.3) is 0 Å². The molecule has 1 heterocycles. The van der Waals surface area contributed by atoms with E-state index < -0.39 is 10.1 Å². The molecule has 0 spiro atoms. The maximum Gasteiger partial charge on any atom is 0.305 e. The fourth-order valence-electron chi connectivity index (χ4n) is 1.95. The summed E-state index contributed by atoms with van der Waals surface area (Å²) in [6.45, 7) is 2.42. The maximum atomic E-state index is 11.0. The molecule has 0 saturated carbocycles. The van der Waals surface area contributed by atoms with Gasteiger partial charge >= 0.3 is 10.1 Å². The molecule has 1 aromatic carbocycles. The molecule has 1 aliphatic rings. The average molecular weight is 267 g/mol. The molecule has 98 valence electrons. The van der Waals surface area contributed by atoms with Gasteiger partial charge in [0.15, 0.2) is 0 Å². The van der Waals surface area contributed by atoms with Gasteiger partial charge in [0.2, 0.25) is 0 Å². The van der Waals surface area contributed by atoms with Gasteiger partial charge in [-0.2, -0.15) is 8.42 Å². The second kappa shape index (κ2) is 5.54. The van der Waals surface area contributed by atoms with Crippen molar-refractivity contribution >= 4 is 10.1 Å². The summed E-state index contributed by atoms with van der Waals surface area (Å²) in [7, 11) is -3.39. The zero-order valence-electron chi connectivity index (χ0n) is 10.4. The molecule has 0 radical (unpaired) electrons. The lowest BCUT2D eigenvalue weighted by Gasteiger charge is -2.25. The Balaban J connectivity index is 1.90. The highest BCUT2D eigenvalue weighted by Gasteiger charge is 2.15. The van der Waals surface area contributed by atoms with E-state index in [1.165, 1.54) is 5.56 Å². The molecule has 0 aliphatic carbocycles. The van der Waals surface area contributed by atoms with Crippen molar-refractivity contribution in [1.29, 1.82) is 0 Å². The topological polar surface area (TPSA) is 46.6 Å². The Morgan fingerprint density at radius 3 is 2.56 bits per heavy atom. The predicted octanol–water partition coefficient (Wildman–Crippen LogP) is 1.75. The van der Waals surface area contributed by atoms with Crippen LogP contribution in [-0.2, 0) is 20.8 Å². The Hall–Kier alpha value is -1.33. The number of rotatable bonds is 4. The standard InChI is InChI=1S/C13H17NO3S/c1-18(15,16)17-13-7-9-14(10-8-13)11-12-5-3-2-4-6-12/h2-7H,8-11H2,1H3. The second-order valence-electron chi connectivity index (χ2n) is 4.43. The van der Waals surface area contributed by atoms with E-state index in [-0.39, 0.29) is 0 Å². The van der Waals surface area contributed by atoms with Crippen molar-refractivity contribution < 1.29 is 12.6 Å². The van der Waals surface area contributed by atoms with Crippen LogP contribution in [0.2, 0.25) is 0 Å². The first-order chi connectivity index (χ1) is 8.53. The lowest BCUT2D eigenvalue weighted by molar-refractivity contribution is 0.256. The van der Waals surface area contributed by atoms with E-state index in [1.54, 1.807) is 0 Å². The summed E-state index contributed by atoms with van der Waals surface area (Å²) in [5, 5.41) is 0. The Kier molecular flexibility index (Phi) is 4.04. The van der Waals surface area contributed by atoms with Crippen molar-refractivity contribution in [3.8, 4) is 0 Å². The zero-order valence-corrected chi connectivity index (χ0v) is 11.2. The van der Waals surface area contributed by atoms with Gasteiger partial charge in [-0.1, -0.05) is 30.3 Å². The molecule has 1 aromatic rings. The molecule has 0 atom stereocenters. The van der Waals surface area contributed by atoms with Crippen molar-refractivity contribution in [2.45, 2.75) is 13.0 Å². The first-order valence-electron chi connectivity index (χ1n) is 5.88.